The first-order valence-electron chi connectivity index (χ1n) is 13.2. The molecule has 2 heterocycles. The minimum atomic E-state index is -4.62. The lowest BCUT2D eigenvalue weighted by atomic mass is 10.1. The molecule has 0 spiro atoms. The molecule has 41 heavy (non-hydrogen) atoms. The van der Waals surface area contributed by atoms with Crippen LogP contribution in [0.2, 0.25) is 0 Å². The summed E-state index contributed by atoms with van der Waals surface area (Å²) in [5, 5.41) is 15.5. The number of methoxy groups -OCH3 is 1. The van der Waals surface area contributed by atoms with Crippen molar-refractivity contribution >= 4 is 40.8 Å². The number of piperidine rings is 1. The van der Waals surface area contributed by atoms with Crippen LogP contribution >= 0.6 is 0 Å². The van der Waals surface area contributed by atoms with Crippen LogP contribution in [0.4, 0.5) is 47.7 Å². The fourth-order valence-corrected chi connectivity index (χ4v) is 3.84. The van der Waals surface area contributed by atoms with Crippen LogP contribution in [0.1, 0.15) is 32.3 Å². The number of aldehydes is 1. The number of aromatic nitrogens is 2. The van der Waals surface area contributed by atoms with E-state index >= 15 is 0 Å². The molecule has 1 aliphatic heterocycles. The van der Waals surface area contributed by atoms with Crippen molar-refractivity contribution in [2.75, 3.05) is 48.5 Å². The van der Waals surface area contributed by atoms with Crippen molar-refractivity contribution in [1.29, 1.82) is 0 Å². The van der Waals surface area contributed by atoms with Gasteiger partial charge in [-0.15, -0.1) is 0 Å². The van der Waals surface area contributed by atoms with Crippen molar-refractivity contribution in [2.45, 2.75) is 38.9 Å². The number of ether oxygens (including phenoxy) is 1. The average Bonchev–Trinajstić information content (AvgIpc) is 2.99. The molecule has 1 fully saturated rings. The molecule has 1 saturated heterocycles. The third kappa shape index (κ3) is 10.3. The van der Waals surface area contributed by atoms with Gasteiger partial charge >= 0.3 is 6.18 Å². The Morgan fingerprint density at radius 1 is 1.05 bits per heavy atom. The quantitative estimate of drug-likeness (QED) is 0.143. The number of carbonyl (C=O) groups is 1. The second kappa shape index (κ2) is 16.7. The van der Waals surface area contributed by atoms with E-state index in [4.69, 9.17) is 9.53 Å². The summed E-state index contributed by atoms with van der Waals surface area (Å²) in [7, 11) is 3.26. The van der Waals surface area contributed by atoms with Gasteiger partial charge in [0.05, 0.1) is 12.8 Å². The van der Waals surface area contributed by atoms with Gasteiger partial charge in [-0.2, -0.15) is 18.2 Å². The molecule has 12 heteroatoms. The van der Waals surface area contributed by atoms with E-state index in [1.165, 1.54) is 13.2 Å². The Morgan fingerprint density at radius 3 is 2.34 bits per heavy atom. The van der Waals surface area contributed by atoms with Crippen LogP contribution in [0.3, 0.4) is 0 Å². The van der Waals surface area contributed by atoms with Gasteiger partial charge in [-0.3, -0.25) is 4.79 Å². The highest BCUT2D eigenvalue weighted by Crippen LogP contribution is 2.36. The number of nitrogens with one attached hydrogen (secondary N) is 5. The monoisotopic (exact) mass is 573 g/mol. The summed E-state index contributed by atoms with van der Waals surface area (Å²) in [6.45, 7) is 9.05. The molecule has 0 atom stereocenters. The van der Waals surface area contributed by atoms with E-state index < -0.39 is 11.7 Å². The molecule has 9 nitrogen and oxygen atoms in total. The zero-order chi connectivity index (χ0) is 30.3. The number of halogens is 3. The molecule has 0 unspecified atom stereocenters. The number of rotatable bonds is 9. The number of carbonyl (C=O) groups excluding carboxylic acids is 1. The lowest BCUT2D eigenvalue weighted by Crippen LogP contribution is -2.35. The maximum atomic E-state index is 13.6. The summed E-state index contributed by atoms with van der Waals surface area (Å²) >= 11 is 0. The van der Waals surface area contributed by atoms with Crippen molar-refractivity contribution in [3.63, 3.8) is 0 Å². The van der Waals surface area contributed by atoms with Crippen molar-refractivity contribution in [3.05, 3.63) is 66.9 Å². The summed E-state index contributed by atoms with van der Waals surface area (Å²) in [5.74, 6) is 0.165. The number of nitrogens with zero attached hydrogens (tertiary/aromatic N) is 2. The Morgan fingerprint density at radius 2 is 1.73 bits per heavy atom. The first-order chi connectivity index (χ1) is 19.8. The van der Waals surface area contributed by atoms with Crippen molar-refractivity contribution < 1.29 is 22.7 Å². The predicted molar refractivity (Wildman–Crippen MR) is 160 cm³/mol. The molecule has 1 aliphatic rings. The van der Waals surface area contributed by atoms with E-state index in [0.29, 0.717) is 29.5 Å². The first-order valence-corrected chi connectivity index (χ1v) is 13.2. The number of anilines is 6. The second-order valence-electron chi connectivity index (χ2n) is 8.49. The molecule has 0 aliphatic carbocycles. The number of benzene rings is 2. The Bertz CT molecular complexity index is 1240. The van der Waals surface area contributed by atoms with Gasteiger partial charge < -0.3 is 31.3 Å². The largest absolute Gasteiger partial charge is 0.494 e. The Kier molecular flexibility index (Phi) is 13.4. The van der Waals surface area contributed by atoms with Gasteiger partial charge in [0.25, 0.3) is 0 Å². The molecule has 0 bridgehead atoms. The molecule has 222 valence electrons. The summed E-state index contributed by atoms with van der Waals surface area (Å²) in [6.07, 6.45) is 0.0175. The van der Waals surface area contributed by atoms with Crippen LogP contribution < -0.4 is 31.3 Å². The van der Waals surface area contributed by atoms with Crippen molar-refractivity contribution in [1.82, 2.24) is 15.3 Å². The number of hydrogen-bond acceptors (Lipinski definition) is 9. The molecule has 2 aromatic carbocycles. The fraction of sp³-hybridized carbons (Fsp3) is 0.345. The van der Waals surface area contributed by atoms with Crippen molar-refractivity contribution in [2.24, 2.45) is 0 Å². The molecular formula is C29H38F3N7O2. The molecule has 0 amide bonds. The van der Waals surface area contributed by atoms with Crippen LogP contribution in [-0.4, -0.2) is 49.5 Å². The van der Waals surface area contributed by atoms with Crippen LogP contribution in [0, 0.1) is 0 Å². The molecule has 3 aromatic rings. The Labute approximate surface area is 239 Å². The molecule has 1 aromatic heterocycles. The lowest BCUT2D eigenvalue weighted by Gasteiger charge is -2.25. The third-order valence-corrected chi connectivity index (χ3v) is 5.76. The van der Waals surface area contributed by atoms with E-state index in [0.717, 1.165) is 43.5 Å². The highest BCUT2D eigenvalue weighted by molar-refractivity contribution is 5.70. The van der Waals surface area contributed by atoms with Gasteiger partial charge in [0.1, 0.15) is 23.4 Å². The summed E-state index contributed by atoms with van der Waals surface area (Å²) in [5.41, 5.74) is 1.67. The number of alkyl halides is 3. The van der Waals surface area contributed by atoms with Gasteiger partial charge in [0, 0.05) is 42.4 Å². The molecule has 0 radical (unpaired) electrons. The van der Waals surface area contributed by atoms with E-state index in [-0.39, 0.29) is 11.8 Å². The van der Waals surface area contributed by atoms with E-state index in [1.807, 2.05) is 26.0 Å². The maximum absolute atomic E-state index is 13.6. The lowest BCUT2D eigenvalue weighted by molar-refractivity contribution is -0.137. The van der Waals surface area contributed by atoms with Crippen LogP contribution in [0.5, 0.6) is 5.75 Å². The number of hydrogen-bond donors (Lipinski definition) is 5. The zero-order valence-corrected chi connectivity index (χ0v) is 23.7. The van der Waals surface area contributed by atoms with E-state index in [9.17, 15) is 13.2 Å². The smallest absolute Gasteiger partial charge is 0.421 e. The number of allylic oxidation sites excluding steroid dienone is 1. The minimum absolute atomic E-state index is 0.00244. The van der Waals surface area contributed by atoms with Gasteiger partial charge in [-0.05, 0) is 62.3 Å². The summed E-state index contributed by atoms with van der Waals surface area (Å²) in [6, 6.07) is 12.8. The highest BCUT2D eigenvalue weighted by Gasteiger charge is 2.35. The second-order valence-corrected chi connectivity index (χ2v) is 8.49. The normalized spacial score (nSPS) is 12.9. The fourth-order valence-electron chi connectivity index (χ4n) is 3.84. The Hall–Kier alpha value is -4.32. The topological polar surface area (TPSA) is 112 Å². The third-order valence-electron chi connectivity index (χ3n) is 5.76. The van der Waals surface area contributed by atoms with Crippen LogP contribution in [0.25, 0.3) is 0 Å². The minimum Gasteiger partial charge on any atom is -0.494 e. The highest BCUT2D eigenvalue weighted by atomic mass is 19.4. The first kappa shape index (κ1) is 32.9. The SMILES string of the molecule is C=CC=O.CC.CNc1cccc(Nc2nc(Nc3ccc(NC4CCNCC4)cc3OC)ncc2C(F)(F)F)c1. The maximum Gasteiger partial charge on any atom is 0.421 e. The van der Waals surface area contributed by atoms with Crippen LogP contribution in [-0.2, 0) is 11.0 Å². The van der Waals surface area contributed by atoms with Crippen molar-refractivity contribution in [3.8, 4) is 5.75 Å². The standard InChI is InChI=1S/C24H28F3N7O.C3H4O.C2H6/c1-28-16-4-3-5-17(12-16)32-22-19(24(25,26)27)14-30-23(34-22)33-20-7-6-18(13-21(20)35-2)31-15-8-10-29-11-9-15;1-2-3-4;1-2/h3-7,12-15,28-29,31H,8-11H2,1-2H3,(H2,30,32,33,34);2-3H,1H2;1-2H3. The summed E-state index contributed by atoms with van der Waals surface area (Å²) < 4.78 is 46.4. The Balaban J connectivity index is 0.000000902. The van der Waals surface area contributed by atoms with E-state index in [2.05, 4.69) is 43.1 Å². The zero-order valence-electron chi connectivity index (χ0n) is 23.7. The molecule has 5 N–H and O–H groups in total. The van der Waals surface area contributed by atoms with Gasteiger partial charge in [0.15, 0.2) is 0 Å². The van der Waals surface area contributed by atoms with Gasteiger partial charge in [-0.1, -0.05) is 26.5 Å². The summed E-state index contributed by atoms with van der Waals surface area (Å²) in [4.78, 5) is 17.1. The molecule has 4 rings (SSSR count). The molecular weight excluding hydrogens is 535 g/mol. The molecule has 0 saturated carbocycles. The predicted octanol–water partition coefficient (Wildman–Crippen LogP) is 6.59. The van der Waals surface area contributed by atoms with E-state index in [1.54, 1.807) is 37.4 Å². The van der Waals surface area contributed by atoms with Crippen LogP contribution in [0.15, 0.2) is 61.3 Å². The van der Waals surface area contributed by atoms with Gasteiger partial charge in [0.2, 0.25) is 5.95 Å². The van der Waals surface area contributed by atoms with Gasteiger partial charge in [-0.25, -0.2) is 4.98 Å². The average molecular weight is 574 g/mol.